The predicted molar refractivity (Wildman–Crippen MR) is 54.6 cm³/mol. The van der Waals surface area contributed by atoms with Gasteiger partial charge in [0.15, 0.2) is 5.82 Å². The van der Waals surface area contributed by atoms with Crippen LogP contribution in [0.3, 0.4) is 0 Å². The lowest BCUT2D eigenvalue weighted by Gasteiger charge is -1.99. The molecule has 0 atom stereocenters. The van der Waals surface area contributed by atoms with Gasteiger partial charge in [0, 0.05) is 6.54 Å². The first-order chi connectivity index (χ1) is 6.84. The summed E-state index contributed by atoms with van der Waals surface area (Å²) in [5.41, 5.74) is 6.75. The standard InChI is InChI=1S/C10H12N4/c11-10-8-14(13-12-10)7-6-9-4-2-1-3-5-9/h1-5,8H,6-7,11H2. The van der Waals surface area contributed by atoms with Crippen LogP contribution in [0.25, 0.3) is 0 Å². The van der Waals surface area contributed by atoms with Crippen LogP contribution in [0.2, 0.25) is 0 Å². The van der Waals surface area contributed by atoms with E-state index in [9.17, 15) is 0 Å². The quantitative estimate of drug-likeness (QED) is 0.784. The molecule has 4 heteroatoms. The van der Waals surface area contributed by atoms with Crippen LogP contribution in [0.15, 0.2) is 36.5 Å². The normalized spacial score (nSPS) is 10.3. The molecule has 1 aromatic heterocycles. The molecule has 0 saturated carbocycles. The smallest absolute Gasteiger partial charge is 0.165 e. The molecule has 0 spiro atoms. The van der Waals surface area contributed by atoms with Gasteiger partial charge in [0.1, 0.15) is 0 Å². The molecule has 2 aromatic rings. The maximum absolute atomic E-state index is 5.45. The molecule has 0 radical (unpaired) electrons. The Labute approximate surface area is 82.4 Å². The summed E-state index contributed by atoms with van der Waals surface area (Å²) in [6.07, 6.45) is 2.69. The molecule has 0 amide bonds. The third-order valence-electron chi connectivity index (χ3n) is 2.03. The SMILES string of the molecule is Nc1cn(CCc2ccccc2)nn1. The third-order valence-corrected chi connectivity index (χ3v) is 2.03. The highest BCUT2D eigenvalue weighted by atomic mass is 15.4. The van der Waals surface area contributed by atoms with Gasteiger partial charge in [-0.15, -0.1) is 5.10 Å². The van der Waals surface area contributed by atoms with Gasteiger partial charge >= 0.3 is 0 Å². The summed E-state index contributed by atoms with van der Waals surface area (Å²) < 4.78 is 1.75. The molecule has 2 N–H and O–H groups in total. The molecule has 1 heterocycles. The van der Waals surface area contributed by atoms with Gasteiger partial charge < -0.3 is 5.73 Å². The summed E-state index contributed by atoms with van der Waals surface area (Å²) in [5, 5.41) is 7.59. The van der Waals surface area contributed by atoms with Crippen molar-refractivity contribution in [3.05, 3.63) is 42.1 Å². The van der Waals surface area contributed by atoms with Crippen molar-refractivity contribution >= 4 is 5.82 Å². The number of rotatable bonds is 3. The second-order valence-electron chi connectivity index (χ2n) is 3.14. The van der Waals surface area contributed by atoms with E-state index in [1.807, 2.05) is 18.2 Å². The van der Waals surface area contributed by atoms with Crippen LogP contribution in [-0.4, -0.2) is 15.0 Å². The molecule has 0 aliphatic rings. The van der Waals surface area contributed by atoms with Crippen LogP contribution in [0.4, 0.5) is 5.82 Å². The van der Waals surface area contributed by atoms with E-state index >= 15 is 0 Å². The summed E-state index contributed by atoms with van der Waals surface area (Å²) in [6.45, 7) is 0.814. The van der Waals surface area contributed by atoms with E-state index in [1.54, 1.807) is 10.9 Å². The molecule has 14 heavy (non-hydrogen) atoms. The molecule has 4 nitrogen and oxygen atoms in total. The zero-order valence-electron chi connectivity index (χ0n) is 7.80. The molecule has 72 valence electrons. The van der Waals surface area contributed by atoms with Crippen LogP contribution in [-0.2, 0) is 13.0 Å². The summed E-state index contributed by atoms with van der Waals surface area (Å²) >= 11 is 0. The van der Waals surface area contributed by atoms with Crippen LogP contribution >= 0.6 is 0 Å². The first kappa shape index (κ1) is 8.74. The third kappa shape index (κ3) is 2.10. The molecule has 1 aromatic carbocycles. The van der Waals surface area contributed by atoms with E-state index in [1.165, 1.54) is 5.56 Å². The minimum absolute atomic E-state index is 0.470. The maximum Gasteiger partial charge on any atom is 0.165 e. The fraction of sp³-hybridized carbons (Fsp3) is 0.200. The second-order valence-corrected chi connectivity index (χ2v) is 3.14. The molecule has 0 fully saturated rings. The van der Waals surface area contributed by atoms with E-state index in [4.69, 9.17) is 5.73 Å². The maximum atomic E-state index is 5.45. The Morgan fingerprint density at radius 2 is 2.00 bits per heavy atom. The van der Waals surface area contributed by atoms with Crippen molar-refractivity contribution < 1.29 is 0 Å². The van der Waals surface area contributed by atoms with E-state index in [0.29, 0.717) is 5.82 Å². The number of hydrogen-bond acceptors (Lipinski definition) is 3. The first-order valence-electron chi connectivity index (χ1n) is 4.54. The number of nitrogens with two attached hydrogens (primary N) is 1. The summed E-state index contributed by atoms with van der Waals surface area (Å²) in [5.74, 6) is 0.470. The Morgan fingerprint density at radius 3 is 2.64 bits per heavy atom. The van der Waals surface area contributed by atoms with Crippen molar-refractivity contribution in [1.29, 1.82) is 0 Å². The number of nitrogen functional groups attached to an aromatic ring is 1. The Bertz CT molecular complexity index is 394. The fourth-order valence-corrected chi connectivity index (χ4v) is 1.31. The van der Waals surface area contributed by atoms with Crippen LogP contribution in [0.5, 0.6) is 0 Å². The number of benzene rings is 1. The van der Waals surface area contributed by atoms with Crippen LogP contribution < -0.4 is 5.73 Å². The Kier molecular flexibility index (Phi) is 2.44. The zero-order valence-corrected chi connectivity index (χ0v) is 7.80. The molecule has 0 aliphatic heterocycles. The zero-order chi connectivity index (χ0) is 9.80. The lowest BCUT2D eigenvalue weighted by Crippen LogP contribution is -2.01. The van der Waals surface area contributed by atoms with Gasteiger partial charge in [-0.2, -0.15) is 0 Å². The first-order valence-corrected chi connectivity index (χ1v) is 4.54. The highest BCUT2D eigenvalue weighted by Gasteiger charge is 1.96. The van der Waals surface area contributed by atoms with Crippen molar-refractivity contribution in [2.45, 2.75) is 13.0 Å². The molecule has 0 aliphatic carbocycles. The summed E-state index contributed by atoms with van der Waals surface area (Å²) in [7, 11) is 0. The van der Waals surface area contributed by atoms with Crippen molar-refractivity contribution in [2.75, 3.05) is 5.73 Å². The molecule has 0 unspecified atom stereocenters. The minimum atomic E-state index is 0.470. The van der Waals surface area contributed by atoms with Gasteiger partial charge in [-0.25, -0.2) is 0 Å². The lowest BCUT2D eigenvalue weighted by atomic mass is 10.1. The summed E-state index contributed by atoms with van der Waals surface area (Å²) in [6, 6.07) is 10.3. The van der Waals surface area contributed by atoms with Gasteiger partial charge in [-0.05, 0) is 12.0 Å². The molecule has 0 saturated heterocycles. The minimum Gasteiger partial charge on any atom is -0.381 e. The Balaban J connectivity index is 1.95. The highest BCUT2D eigenvalue weighted by molar-refractivity contribution is 5.20. The second kappa shape index (κ2) is 3.91. The van der Waals surface area contributed by atoms with Crippen molar-refractivity contribution in [3.63, 3.8) is 0 Å². The van der Waals surface area contributed by atoms with E-state index < -0.39 is 0 Å². The molecule has 0 bridgehead atoms. The Hall–Kier alpha value is -1.84. The highest BCUT2D eigenvalue weighted by Crippen LogP contribution is 2.01. The van der Waals surface area contributed by atoms with Crippen molar-refractivity contribution in [1.82, 2.24) is 15.0 Å². The Morgan fingerprint density at radius 1 is 1.21 bits per heavy atom. The average Bonchev–Trinajstić information content (AvgIpc) is 2.63. The number of aryl methyl sites for hydroxylation is 2. The van der Waals surface area contributed by atoms with E-state index in [2.05, 4.69) is 22.4 Å². The average molecular weight is 188 g/mol. The number of hydrogen-bond donors (Lipinski definition) is 1. The van der Waals surface area contributed by atoms with E-state index in [-0.39, 0.29) is 0 Å². The monoisotopic (exact) mass is 188 g/mol. The molecule has 2 rings (SSSR count). The molecular formula is C10H12N4. The number of anilines is 1. The van der Waals surface area contributed by atoms with Crippen LogP contribution in [0.1, 0.15) is 5.56 Å². The predicted octanol–water partition coefficient (Wildman–Crippen LogP) is 1.10. The van der Waals surface area contributed by atoms with E-state index in [0.717, 1.165) is 13.0 Å². The van der Waals surface area contributed by atoms with Gasteiger partial charge in [0.25, 0.3) is 0 Å². The van der Waals surface area contributed by atoms with Gasteiger partial charge in [0.05, 0.1) is 6.20 Å². The largest absolute Gasteiger partial charge is 0.381 e. The topological polar surface area (TPSA) is 56.7 Å². The van der Waals surface area contributed by atoms with Gasteiger partial charge in [-0.3, -0.25) is 4.68 Å². The van der Waals surface area contributed by atoms with Gasteiger partial charge in [0.2, 0.25) is 0 Å². The lowest BCUT2D eigenvalue weighted by molar-refractivity contribution is 0.589. The number of aromatic nitrogens is 3. The number of nitrogens with zero attached hydrogens (tertiary/aromatic N) is 3. The van der Waals surface area contributed by atoms with Crippen molar-refractivity contribution in [2.24, 2.45) is 0 Å². The fourth-order valence-electron chi connectivity index (χ4n) is 1.31. The van der Waals surface area contributed by atoms with Crippen LogP contribution in [0, 0.1) is 0 Å². The van der Waals surface area contributed by atoms with Gasteiger partial charge in [-0.1, -0.05) is 35.5 Å². The van der Waals surface area contributed by atoms with Crippen molar-refractivity contribution in [3.8, 4) is 0 Å². The molecular weight excluding hydrogens is 176 g/mol. The summed E-state index contributed by atoms with van der Waals surface area (Å²) in [4.78, 5) is 0.